The van der Waals surface area contributed by atoms with Gasteiger partial charge in [0, 0.05) is 12.6 Å². The van der Waals surface area contributed by atoms with E-state index in [0.29, 0.717) is 11.4 Å². The lowest BCUT2D eigenvalue weighted by molar-refractivity contribution is -0.150. The number of benzene rings is 1. The summed E-state index contributed by atoms with van der Waals surface area (Å²) in [7, 11) is 1.50. The molecular formula is C18H23NO6. The van der Waals surface area contributed by atoms with Gasteiger partial charge in [-0.1, -0.05) is 12.1 Å². The minimum absolute atomic E-state index is 0.0922. The molecule has 0 amide bonds. The first-order valence-corrected chi connectivity index (χ1v) is 8.05. The van der Waals surface area contributed by atoms with Crippen molar-refractivity contribution in [2.75, 3.05) is 20.3 Å². The van der Waals surface area contributed by atoms with E-state index in [0.717, 1.165) is 0 Å². The normalized spacial score (nSPS) is 11.8. The highest BCUT2D eigenvalue weighted by molar-refractivity contribution is 6.12. The molecule has 0 aliphatic heterocycles. The molecule has 0 spiro atoms. The quantitative estimate of drug-likeness (QED) is 0.366. The van der Waals surface area contributed by atoms with Gasteiger partial charge in [-0.25, -0.2) is 0 Å². The molecule has 0 heterocycles. The van der Waals surface area contributed by atoms with Crippen molar-refractivity contribution in [1.82, 2.24) is 0 Å². The number of hydrogen-bond donors (Lipinski definition) is 0. The van der Waals surface area contributed by atoms with Gasteiger partial charge in [0.15, 0.2) is 11.7 Å². The molecule has 1 atom stereocenters. The van der Waals surface area contributed by atoms with Gasteiger partial charge in [-0.15, -0.1) is 0 Å². The molecule has 0 bridgehead atoms. The molecule has 25 heavy (non-hydrogen) atoms. The smallest absolute Gasteiger partial charge is 0.321 e. The second-order valence-corrected chi connectivity index (χ2v) is 4.95. The fraction of sp³-hybridized carbons (Fsp3) is 0.444. The number of aliphatic imine (C=N–C) groups is 1. The Hall–Kier alpha value is -2.70. The summed E-state index contributed by atoms with van der Waals surface area (Å²) >= 11 is 0. The fourth-order valence-electron chi connectivity index (χ4n) is 2.01. The molecule has 0 fully saturated rings. The highest BCUT2D eigenvalue weighted by atomic mass is 16.5. The molecule has 0 aliphatic rings. The standard InChI is InChI=1S/C18H23NO6/c1-4-24-17(21)11-10-15(20)13(18(22)25-5-2)12-19-14-8-6-7-9-16(14)23-3/h6-9,12-13H,4-5,10-11H2,1-3H3. The van der Waals surface area contributed by atoms with Crippen LogP contribution in [-0.4, -0.2) is 44.3 Å². The predicted octanol–water partition coefficient (Wildman–Crippen LogP) is 2.49. The van der Waals surface area contributed by atoms with Gasteiger partial charge in [-0.2, -0.15) is 0 Å². The van der Waals surface area contributed by atoms with E-state index >= 15 is 0 Å². The third-order valence-electron chi connectivity index (χ3n) is 3.22. The monoisotopic (exact) mass is 349 g/mol. The summed E-state index contributed by atoms with van der Waals surface area (Å²) in [5, 5.41) is 0. The maximum Gasteiger partial charge on any atom is 0.321 e. The summed E-state index contributed by atoms with van der Waals surface area (Å²) in [5.41, 5.74) is 0.484. The average Bonchev–Trinajstić information content (AvgIpc) is 2.61. The summed E-state index contributed by atoms with van der Waals surface area (Å²) in [6.45, 7) is 3.71. The summed E-state index contributed by atoms with van der Waals surface area (Å²) < 4.78 is 14.9. The van der Waals surface area contributed by atoms with Crippen molar-refractivity contribution < 1.29 is 28.6 Å². The Morgan fingerprint density at radius 2 is 1.76 bits per heavy atom. The van der Waals surface area contributed by atoms with E-state index in [1.54, 1.807) is 38.1 Å². The third-order valence-corrected chi connectivity index (χ3v) is 3.22. The van der Waals surface area contributed by atoms with Crippen LogP contribution >= 0.6 is 0 Å². The Labute approximate surface area is 147 Å². The summed E-state index contributed by atoms with van der Waals surface area (Å²) in [6.07, 6.45) is 1.01. The van der Waals surface area contributed by atoms with Gasteiger partial charge in [0.2, 0.25) is 0 Å². The topological polar surface area (TPSA) is 91.3 Å². The fourth-order valence-corrected chi connectivity index (χ4v) is 2.01. The van der Waals surface area contributed by atoms with E-state index in [1.165, 1.54) is 13.3 Å². The van der Waals surface area contributed by atoms with Crippen molar-refractivity contribution in [3.05, 3.63) is 24.3 Å². The first-order chi connectivity index (χ1) is 12.0. The molecule has 0 N–H and O–H groups in total. The maximum absolute atomic E-state index is 12.3. The number of carbonyl (C=O) groups is 3. The highest BCUT2D eigenvalue weighted by Gasteiger charge is 2.26. The molecule has 0 aromatic heterocycles. The van der Waals surface area contributed by atoms with Crippen LogP contribution in [0.1, 0.15) is 26.7 Å². The number of para-hydroxylation sites is 2. The van der Waals surface area contributed by atoms with E-state index in [1.807, 2.05) is 0 Å². The van der Waals surface area contributed by atoms with E-state index in [9.17, 15) is 14.4 Å². The number of methoxy groups -OCH3 is 1. The molecule has 7 heteroatoms. The Morgan fingerprint density at radius 1 is 1.08 bits per heavy atom. The Balaban J connectivity index is 2.89. The van der Waals surface area contributed by atoms with Crippen LogP contribution < -0.4 is 4.74 Å². The van der Waals surface area contributed by atoms with Crippen molar-refractivity contribution >= 4 is 29.6 Å². The summed E-state index contributed by atoms with van der Waals surface area (Å²) in [5.74, 6) is -2.31. The van der Waals surface area contributed by atoms with Crippen molar-refractivity contribution in [2.45, 2.75) is 26.7 Å². The van der Waals surface area contributed by atoms with Gasteiger partial charge >= 0.3 is 11.9 Å². The van der Waals surface area contributed by atoms with E-state index in [2.05, 4.69) is 4.99 Å². The number of Topliss-reactive ketones (excluding diaryl/α,β-unsaturated/α-hetero) is 1. The van der Waals surface area contributed by atoms with Crippen molar-refractivity contribution in [2.24, 2.45) is 10.9 Å². The van der Waals surface area contributed by atoms with Crippen molar-refractivity contribution in [1.29, 1.82) is 0 Å². The Kier molecular flexibility index (Phi) is 8.92. The molecule has 0 saturated heterocycles. The zero-order valence-corrected chi connectivity index (χ0v) is 14.7. The van der Waals surface area contributed by atoms with Gasteiger partial charge in [-0.05, 0) is 26.0 Å². The van der Waals surface area contributed by atoms with Crippen LogP contribution in [0.5, 0.6) is 5.75 Å². The van der Waals surface area contributed by atoms with Crippen LogP contribution in [0.2, 0.25) is 0 Å². The molecule has 0 aliphatic carbocycles. The number of rotatable bonds is 10. The minimum Gasteiger partial charge on any atom is -0.494 e. The summed E-state index contributed by atoms with van der Waals surface area (Å²) in [6, 6.07) is 6.96. The maximum atomic E-state index is 12.3. The van der Waals surface area contributed by atoms with Crippen LogP contribution in [0.3, 0.4) is 0 Å². The van der Waals surface area contributed by atoms with Gasteiger partial charge < -0.3 is 14.2 Å². The first kappa shape index (κ1) is 20.3. The number of nitrogens with zero attached hydrogens (tertiary/aromatic N) is 1. The lowest BCUT2D eigenvalue weighted by atomic mass is 10.0. The molecule has 0 radical (unpaired) electrons. The highest BCUT2D eigenvalue weighted by Crippen LogP contribution is 2.26. The molecule has 1 aromatic carbocycles. The zero-order chi connectivity index (χ0) is 18.7. The molecule has 1 aromatic rings. The van der Waals surface area contributed by atoms with Gasteiger partial charge in [-0.3, -0.25) is 19.4 Å². The largest absolute Gasteiger partial charge is 0.494 e. The molecule has 1 unspecified atom stereocenters. The van der Waals surface area contributed by atoms with E-state index in [4.69, 9.17) is 14.2 Å². The number of hydrogen-bond acceptors (Lipinski definition) is 7. The predicted molar refractivity (Wildman–Crippen MR) is 92.1 cm³/mol. The lowest BCUT2D eigenvalue weighted by Crippen LogP contribution is -2.28. The summed E-state index contributed by atoms with van der Waals surface area (Å²) in [4.78, 5) is 39.9. The third kappa shape index (κ3) is 6.74. The van der Waals surface area contributed by atoms with Crippen molar-refractivity contribution in [3.63, 3.8) is 0 Å². The zero-order valence-electron chi connectivity index (χ0n) is 14.7. The van der Waals surface area contributed by atoms with E-state index in [-0.39, 0.29) is 26.1 Å². The van der Waals surface area contributed by atoms with Gasteiger partial charge in [0.05, 0.1) is 26.7 Å². The molecule has 7 nitrogen and oxygen atoms in total. The van der Waals surface area contributed by atoms with Gasteiger partial charge in [0.25, 0.3) is 0 Å². The molecular weight excluding hydrogens is 326 g/mol. The van der Waals surface area contributed by atoms with E-state index < -0.39 is 23.6 Å². The Morgan fingerprint density at radius 3 is 2.40 bits per heavy atom. The average molecular weight is 349 g/mol. The van der Waals surface area contributed by atoms with Crippen LogP contribution in [0.15, 0.2) is 29.3 Å². The van der Waals surface area contributed by atoms with Gasteiger partial charge in [0.1, 0.15) is 11.4 Å². The molecule has 1 rings (SSSR count). The Bertz CT molecular complexity index is 626. The minimum atomic E-state index is -1.18. The lowest BCUT2D eigenvalue weighted by Gasteiger charge is -2.10. The van der Waals surface area contributed by atoms with Crippen LogP contribution in [0.25, 0.3) is 0 Å². The number of ketones is 1. The SMILES string of the molecule is CCOC(=O)CCC(=O)C(C=Nc1ccccc1OC)C(=O)OCC. The van der Waals surface area contributed by atoms with Crippen LogP contribution in [0.4, 0.5) is 5.69 Å². The number of esters is 2. The number of carbonyl (C=O) groups excluding carboxylic acids is 3. The first-order valence-electron chi connectivity index (χ1n) is 8.05. The van der Waals surface area contributed by atoms with Crippen LogP contribution in [0, 0.1) is 5.92 Å². The molecule has 136 valence electrons. The second kappa shape index (κ2) is 11.0. The molecule has 0 saturated carbocycles. The number of ether oxygens (including phenoxy) is 3. The second-order valence-electron chi connectivity index (χ2n) is 4.95. The van der Waals surface area contributed by atoms with Crippen LogP contribution in [-0.2, 0) is 23.9 Å². The van der Waals surface area contributed by atoms with Crippen molar-refractivity contribution in [3.8, 4) is 5.75 Å².